The van der Waals surface area contributed by atoms with Crippen molar-refractivity contribution < 1.29 is 9.32 Å². The largest absolute Gasteiger partial charge is 0.361 e. The molecule has 1 atom stereocenters. The summed E-state index contributed by atoms with van der Waals surface area (Å²) < 4.78 is 5.24. The molecular formula is C16H22N4O2. The molecule has 0 unspecified atom stereocenters. The number of hydrogen-bond donors (Lipinski definition) is 1. The second-order valence-electron chi connectivity index (χ2n) is 6.36. The van der Waals surface area contributed by atoms with Crippen molar-refractivity contribution in [3.8, 4) is 0 Å². The molecule has 2 aromatic heterocycles. The fraction of sp³-hybridized carbons (Fsp3) is 0.562. The number of nitrogens with zero attached hydrogens (tertiary/aromatic N) is 3. The number of H-pyrrole nitrogens is 1. The van der Waals surface area contributed by atoms with Gasteiger partial charge in [-0.15, -0.1) is 0 Å². The van der Waals surface area contributed by atoms with Gasteiger partial charge < -0.3 is 9.42 Å². The van der Waals surface area contributed by atoms with Gasteiger partial charge in [-0.3, -0.25) is 9.89 Å². The van der Waals surface area contributed by atoms with E-state index in [1.807, 2.05) is 31.9 Å². The van der Waals surface area contributed by atoms with Crippen LogP contribution >= 0.6 is 0 Å². The summed E-state index contributed by atoms with van der Waals surface area (Å²) in [4.78, 5) is 14.8. The number of likely N-dealkylation sites (tertiary alicyclic amines) is 1. The predicted molar refractivity (Wildman–Crippen MR) is 81.9 cm³/mol. The van der Waals surface area contributed by atoms with E-state index in [2.05, 4.69) is 15.4 Å². The first-order chi connectivity index (χ1) is 10.5. The number of aryl methyl sites for hydroxylation is 2. The van der Waals surface area contributed by atoms with E-state index in [1.165, 1.54) is 0 Å². The van der Waals surface area contributed by atoms with E-state index >= 15 is 0 Å². The highest BCUT2D eigenvalue weighted by Gasteiger charge is 2.33. The van der Waals surface area contributed by atoms with Crippen molar-refractivity contribution >= 4 is 5.91 Å². The second-order valence-corrected chi connectivity index (χ2v) is 6.36. The number of carbonyl (C=O) groups is 1. The standard InChI is InChI=1S/C16H22N4O2/c1-9(2)14-13(11(4)22-19-14)16(21)20-6-5-12(8-20)15-10(3)7-17-18-15/h7,9,12H,5-6,8H2,1-4H3,(H,17,18)/t12-/m0/s1. The summed E-state index contributed by atoms with van der Waals surface area (Å²) in [7, 11) is 0. The molecule has 0 radical (unpaired) electrons. The summed E-state index contributed by atoms with van der Waals surface area (Å²) in [6.07, 6.45) is 2.79. The Hall–Kier alpha value is -2.11. The summed E-state index contributed by atoms with van der Waals surface area (Å²) in [5.41, 5.74) is 3.69. The third-order valence-corrected chi connectivity index (χ3v) is 4.40. The van der Waals surface area contributed by atoms with Gasteiger partial charge in [0.1, 0.15) is 11.3 Å². The first-order valence-electron chi connectivity index (χ1n) is 7.74. The second kappa shape index (κ2) is 5.59. The lowest BCUT2D eigenvalue weighted by atomic mass is 10.0. The maximum absolute atomic E-state index is 12.9. The van der Waals surface area contributed by atoms with Gasteiger partial charge in [-0.1, -0.05) is 19.0 Å². The van der Waals surface area contributed by atoms with Gasteiger partial charge in [-0.2, -0.15) is 5.10 Å². The number of amides is 1. The average molecular weight is 302 g/mol. The Labute approximate surface area is 129 Å². The van der Waals surface area contributed by atoms with Crippen LogP contribution < -0.4 is 0 Å². The fourth-order valence-corrected chi connectivity index (χ4v) is 3.15. The molecule has 1 amide bonds. The van der Waals surface area contributed by atoms with Crippen LogP contribution in [0.3, 0.4) is 0 Å². The zero-order valence-electron chi connectivity index (χ0n) is 13.5. The number of hydrogen-bond acceptors (Lipinski definition) is 4. The van der Waals surface area contributed by atoms with Gasteiger partial charge in [0.15, 0.2) is 0 Å². The molecule has 6 nitrogen and oxygen atoms in total. The normalized spacial score (nSPS) is 18.4. The van der Waals surface area contributed by atoms with Gasteiger partial charge in [0, 0.05) is 24.7 Å². The topological polar surface area (TPSA) is 75.0 Å². The Morgan fingerprint density at radius 3 is 2.86 bits per heavy atom. The first-order valence-corrected chi connectivity index (χ1v) is 7.74. The molecule has 0 saturated carbocycles. The van der Waals surface area contributed by atoms with Crippen LogP contribution in [0.15, 0.2) is 10.7 Å². The smallest absolute Gasteiger partial charge is 0.259 e. The van der Waals surface area contributed by atoms with E-state index in [0.29, 0.717) is 23.8 Å². The van der Waals surface area contributed by atoms with Gasteiger partial charge in [0.05, 0.1) is 11.9 Å². The van der Waals surface area contributed by atoms with E-state index in [9.17, 15) is 4.79 Å². The molecule has 6 heteroatoms. The molecular weight excluding hydrogens is 280 g/mol. The highest BCUT2D eigenvalue weighted by Crippen LogP contribution is 2.30. The Balaban J connectivity index is 1.80. The highest BCUT2D eigenvalue weighted by molar-refractivity contribution is 5.96. The van der Waals surface area contributed by atoms with Crippen molar-refractivity contribution in [3.05, 3.63) is 34.5 Å². The molecule has 1 N–H and O–H groups in total. The van der Waals surface area contributed by atoms with Crippen LogP contribution in [0.1, 0.15) is 65.2 Å². The van der Waals surface area contributed by atoms with E-state index in [0.717, 1.165) is 29.9 Å². The van der Waals surface area contributed by atoms with E-state index in [4.69, 9.17) is 4.52 Å². The van der Waals surface area contributed by atoms with Crippen molar-refractivity contribution in [2.24, 2.45) is 0 Å². The highest BCUT2D eigenvalue weighted by atomic mass is 16.5. The van der Waals surface area contributed by atoms with Crippen LogP contribution in [0.2, 0.25) is 0 Å². The molecule has 2 aromatic rings. The predicted octanol–water partition coefficient (Wildman–Crippen LogP) is 2.77. The van der Waals surface area contributed by atoms with E-state index in [1.54, 1.807) is 6.92 Å². The van der Waals surface area contributed by atoms with Crippen molar-refractivity contribution in [3.63, 3.8) is 0 Å². The summed E-state index contributed by atoms with van der Waals surface area (Å²) in [5, 5.41) is 11.2. The Kier molecular flexibility index (Phi) is 3.76. The van der Waals surface area contributed by atoms with Crippen molar-refractivity contribution in [1.29, 1.82) is 0 Å². The zero-order chi connectivity index (χ0) is 15.9. The Morgan fingerprint density at radius 1 is 1.45 bits per heavy atom. The first kappa shape index (κ1) is 14.8. The number of aromatic amines is 1. The summed E-state index contributed by atoms with van der Waals surface area (Å²) >= 11 is 0. The third-order valence-electron chi connectivity index (χ3n) is 4.40. The number of aromatic nitrogens is 3. The van der Waals surface area contributed by atoms with Crippen LogP contribution in [0.4, 0.5) is 0 Å². The Bertz CT molecular complexity index is 686. The number of rotatable bonds is 3. The minimum absolute atomic E-state index is 0.0297. The van der Waals surface area contributed by atoms with Gasteiger partial charge >= 0.3 is 0 Å². The minimum atomic E-state index is 0.0297. The molecule has 0 aliphatic carbocycles. The average Bonchev–Trinajstić information content (AvgIpc) is 3.16. The fourth-order valence-electron chi connectivity index (χ4n) is 3.15. The lowest BCUT2D eigenvalue weighted by molar-refractivity contribution is 0.0787. The molecule has 0 bridgehead atoms. The molecule has 3 rings (SSSR count). The molecule has 0 aromatic carbocycles. The van der Waals surface area contributed by atoms with E-state index in [-0.39, 0.29) is 11.8 Å². The summed E-state index contributed by atoms with van der Waals surface area (Å²) in [6, 6.07) is 0. The van der Waals surface area contributed by atoms with Crippen LogP contribution in [0.25, 0.3) is 0 Å². The maximum Gasteiger partial charge on any atom is 0.259 e. The lowest BCUT2D eigenvalue weighted by Crippen LogP contribution is -2.29. The minimum Gasteiger partial charge on any atom is -0.361 e. The molecule has 1 aliphatic rings. The number of carbonyl (C=O) groups excluding carboxylic acids is 1. The molecule has 3 heterocycles. The van der Waals surface area contributed by atoms with Crippen LogP contribution in [0, 0.1) is 13.8 Å². The van der Waals surface area contributed by atoms with Crippen molar-refractivity contribution in [1.82, 2.24) is 20.3 Å². The monoisotopic (exact) mass is 302 g/mol. The summed E-state index contributed by atoms with van der Waals surface area (Å²) in [5.74, 6) is 1.13. The van der Waals surface area contributed by atoms with E-state index < -0.39 is 0 Å². The van der Waals surface area contributed by atoms with Crippen molar-refractivity contribution in [2.75, 3.05) is 13.1 Å². The molecule has 1 fully saturated rings. The number of nitrogens with one attached hydrogen (secondary N) is 1. The third kappa shape index (κ3) is 2.42. The van der Waals surface area contributed by atoms with Crippen LogP contribution in [-0.2, 0) is 0 Å². The maximum atomic E-state index is 12.9. The molecule has 1 aliphatic heterocycles. The lowest BCUT2D eigenvalue weighted by Gasteiger charge is -2.17. The molecule has 118 valence electrons. The van der Waals surface area contributed by atoms with Gasteiger partial charge in [-0.25, -0.2) is 0 Å². The quantitative estimate of drug-likeness (QED) is 0.946. The summed E-state index contributed by atoms with van der Waals surface area (Å²) in [6.45, 7) is 9.36. The van der Waals surface area contributed by atoms with Crippen molar-refractivity contribution in [2.45, 2.75) is 46.0 Å². The Morgan fingerprint density at radius 2 is 2.23 bits per heavy atom. The molecule has 1 saturated heterocycles. The van der Waals surface area contributed by atoms with Gasteiger partial charge in [-0.05, 0) is 31.7 Å². The van der Waals surface area contributed by atoms with Gasteiger partial charge in [0.25, 0.3) is 5.91 Å². The molecule has 22 heavy (non-hydrogen) atoms. The van der Waals surface area contributed by atoms with Gasteiger partial charge in [0.2, 0.25) is 0 Å². The zero-order valence-corrected chi connectivity index (χ0v) is 13.5. The SMILES string of the molecule is Cc1cn[nH]c1[C@H]1CCN(C(=O)c2c(C(C)C)noc2C)C1. The molecule has 0 spiro atoms. The van der Waals surface area contributed by atoms with Crippen LogP contribution in [0.5, 0.6) is 0 Å². The van der Waals surface area contributed by atoms with Crippen LogP contribution in [-0.4, -0.2) is 39.3 Å².